The second-order valence-corrected chi connectivity index (χ2v) is 6.58. The van der Waals surface area contributed by atoms with E-state index in [0.29, 0.717) is 25.9 Å². The molecule has 114 valence electrons. The Morgan fingerprint density at radius 1 is 1.10 bits per heavy atom. The van der Waals surface area contributed by atoms with E-state index in [1.165, 1.54) is 0 Å². The first-order chi connectivity index (χ1) is 9.37. The van der Waals surface area contributed by atoms with E-state index in [4.69, 9.17) is 0 Å². The maximum atomic E-state index is 11.8. The van der Waals surface area contributed by atoms with Crippen molar-refractivity contribution < 1.29 is 13.5 Å². The summed E-state index contributed by atoms with van der Waals surface area (Å²) < 4.78 is 26.0. The van der Waals surface area contributed by atoms with E-state index in [9.17, 15) is 13.5 Å². The van der Waals surface area contributed by atoms with Crippen LogP contribution in [-0.4, -0.2) is 32.2 Å². The molecule has 1 aromatic rings. The van der Waals surface area contributed by atoms with Gasteiger partial charge in [0.2, 0.25) is 10.0 Å². The molecule has 0 aliphatic heterocycles. The first-order valence-corrected chi connectivity index (χ1v) is 8.41. The normalized spacial score (nSPS) is 12.4. The van der Waals surface area contributed by atoms with Gasteiger partial charge in [-0.3, -0.25) is 0 Å². The highest BCUT2D eigenvalue weighted by Crippen LogP contribution is 2.18. The predicted octanol–water partition coefficient (Wildman–Crippen LogP) is 1.95. The fourth-order valence-electron chi connectivity index (χ4n) is 1.79. The minimum atomic E-state index is -3.41. The third-order valence-electron chi connectivity index (χ3n) is 3.44. The zero-order valence-corrected chi connectivity index (χ0v) is 13.1. The van der Waals surface area contributed by atoms with E-state index < -0.39 is 15.6 Å². The topological polar surface area (TPSA) is 78.4 Å². The minimum Gasteiger partial charge on any atom is -0.388 e. The maximum absolute atomic E-state index is 11.8. The Morgan fingerprint density at radius 2 is 1.65 bits per heavy atom. The monoisotopic (exact) mass is 300 g/mol. The highest BCUT2D eigenvalue weighted by Gasteiger charge is 2.21. The van der Waals surface area contributed by atoms with Crippen LogP contribution in [0.1, 0.15) is 33.6 Å². The molecule has 0 spiro atoms. The van der Waals surface area contributed by atoms with Crippen molar-refractivity contribution in [3.05, 3.63) is 24.3 Å². The second kappa shape index (κ2) is 7.06. The van der Waals surface area contributed by atoms with Gasteiger partial charge >= 0.3 is 0 Å². The van der Waals surface area contributed by atoms with Crippen LogP contribution in [-0.2, 0) is 10.0 Å². The molecule has 0 fully saturated rings. The lowest BCUT2D eigenvalue weighted by Crippen LogP contribution is -2.35. The van der Waals surface area contributed by atoms with Crippen molar-refractivity contribution in [2.45, 2.75) is 44.1 Å². The summed E-state index contributed by atoms with van der Waals surface area (Å²) in [5.74, 6) is 0. The Hall–Kier alpha value is -1.11. The van der Waals surface area contributed by atoms with Crippen LogP contribution in [0.2, 0.25) is 0 Å². The molecule has 5 nitrogen and oxygen atoms in total. The second-order valence-electron chi connectivity index (χ2n) is 4.81. The lowest BCUT2D eigenvalue weighted by molar-refractivity contribution is 0.0457. The lowest BCUT2D eigenvalue weighted by Gasteiger charge is -2.26. The van der Waals surface area contributed by atoms with Crippen LogP contribution in [0.4, 0.5) is 5.69 Å². The molecule has 0 radical (unpaired) electrons. The van der Waals surface area contributed by atoms with Crippen molar-refractivity contribution in [3.8, 4) is 0 Å². The molecule has 0 bridgehead atoms. The summed E-state index contributed by atoms with van der Waals surface area (Å²) in [5.41, 5.74) is 0.0647. The van der Waals surface area contributed by atoms with Crippen LogP contribution in [0.25, 0.3) is 0 Å². The third-order valence-corrected chi connectivity index (χ3v) is 5.00. The van der Waals surface area contributed by atoms with Crippen molar-refractivity contribution >= 4 is 15.7 Å². The SMILES string of the molecule is CCNS(=O)(=O)c1ccc(NCC(O)(CC)CC)cc1. The van der Waals surface area contributed by atoms with E-state index in [0.717, 1.165) is 5.69 Å². The Morgan fingerprint density at radius 3 is 2.10 bits per heavy atom. The van der Waals surface area contributed by atoms with Gasteiger partial charge in [0.05, 0.1) is 10.5 Å². The van der Waals surface area contributed by atoms with E-state index in [1.54, 1.807) is 31.2 Å². The lowest BCUT2D eigenvalue weighted by atomic mass is 9.97. The van der Waals surface area contributed by atoms with E-state index in [-0.39, 0.29) is 4.90 Å². The highest BCUT2D eigenvalue weighted by molar-refractivity contribution is 7.89. The first kappa shape index (κ1) is 16.9. The minimum absolute atomic E-state index is 0.242. The van der Waals surface area contributed by atoms with Crippen LogP contribution in [0, 0.1) is 0 Å². The van der Waals surface area contributed by atoms with Gasteiger partial charge in [-0.1, -0.05) is 20.8 Å². The van der Waals surface area contributed by atoms with Crippen molar-refractivity contribution in [2.24, 2.45) is 0 Å². The molecule has 0 saturated heterocycles. The van der Waals surface area contributed by atoms with Crippen LogP contribution >= 0.6 is 0 Å². The summed E-state index contributed by atoms with van der Waals surface area (Å²) in [7, 11) is -3.41. The van der Waals surface area contributed by atoms with Gasteiger partial charge in [0, 0.05) is 18.8 Å². The number of aliphatic hydroxyl groups is 1. The van der Waals surface area contributed by atoms with Gasteiger partial charge in [-0.05, 0) is 37.1 Å². The van der Waals surface area contributed by atoms with Crippen LogP contribution in [0.3, 0.4) is 0 Å². The number of hydrogen-bond acceptors (Lipinski definition) is 4. The van der Waals surface area contributed by atoms with Crippen molar-refractivity contribution in [3.63, 3.8) is 0 Å². The number of sulfonamides is 1. The Balaban J connectivity index is 2.73. The number of rotatable bonds is 8. The van der Waals surface area contributed by atoms with E-state index >= 15 is 0 Å². The maximum Gasteiger partial charge on any atom is 0.240 e. The zero-order valence-electron chi connectivity index (χ0n) is 12.3. The molecule has 1 rings (SSSR count). The molecule has 0 unspecified atom stereocenters. The van der Waals surface area contributed by atoms with Crippen LogP contribution < -0.4 is 10.0 Å². The van der Waals surface area contributed by atoms with E-state index in [2.05, 4.69) is 10.0 Å². The molecule has 20 heavy (non-hydrogen) atoms. The Kier molecular flexibility index (Phi) is 5.98. The predicted molar refractivity (Wildman–Crippen MR) is 81.3 cm³/mol. The summed E-state index contributed by atoms with van der Waals surface area (Å²) in [5, 5.41) is 13.3. The van der Waals surface area contributed by atoms with Gasteiger partial charge < -0.3 is 10.4 Å². The average Bonchev–Trinajstić information content (AvgIpc) is 2.45. The van der Waals surface area contributed by atoms with E-state index in [1.807, 2.05) is 13.8 Å². The number of benzene rings is 1. The standard InChI is InChI=1S/C14H24N2O3S/c1-4-14(17,5-2)11-15-12-7-9-13(10-8-12)20(18,19)16-6-3/h7-10,15-17H,4-6,11H2,1-3H3. The van der Waals surface area contributed by atoms with Crippen LogP contribution in [0.5, 0.6) is 0 Å². The zero-order chi connectivity index (χ0) is 15.2. The van der Waals surface area contributed by atoms with Gasteiger partial charge in [-0.25, -0.2) is 13.1 Å². The molecule has 0 aliphatic rings. The smallest absolute Gasteiger partial charge is 0.240 e. The molecular weight excluding hydrogens is 276 g/mol. The number of anilines is 1. The molecular formula is C14H24N2O3S. The highest BCUT2D eigenvalue weighted by atomic mass is 32.2. The van der Waals surface area contributed by atoms with Gasteiger partial charge in [0.15, 0.2) is 0 Å². The molecule has 6 heteroatoms. The van der Waals surface area contributed by atoms with Crippen molar-refractivity contribution in [1.82, 2.24) is 4.72 Å². The number of nitrogens with one attached hydrogen (secondary N) is 2. The quantitative estimate of drug-likeness (QED) is 0.685. The molecule has 0 aromatic heterocycles. The number of hydrogen-bond donors (Lipinski definition) is 3. The summed E-state index contributed by atoms with van der Waals surface area (Å²) in [6.45, 7) is 6.43. The molecule has 0 heterocycles. The average molecular weight is 300 g/mol. The molecule has 0 atom stereocenters. The van der Waals surface area contributed by atoms with Crippen molar-refractivity contribution in [2.75, 3.05) is 18.4 Å². The summed E-state index contributed by atoms with van der Waals surface area (Å²) in [6.07, 6.45) is 1.34. The fraction of sp³-hybridized carbons (Fsp3) is 0.571. The van der Waals surface area contributed by atoms with Gasteiger partial charge in [0.25, 0.3) is 0 Å². The summed E-state index contributed by atoms with van der Waals surface area (Å²) in [4.78, 5) is 0.242. The Bertz CT molecular complexity index is 508. The summed E-state index contributed by atoms with van der Waals surface area (Å²) in [6, 6.07) is 6.51. The summed E-state index contributed by atoms with van der Waals surface area (Å²) >= 11 is 0. The molecule has 0 aliphatic carbocycles. The molecule has 0 saturated carbocycles. The first-order valence-electron chi connectivity index (χ1n) is 6.93. The largest absolute Gasteiger partial charge is 0.388 e. The van der Waals surface area contributed by atoms with Crippen LogP contribution in [0.15, 0.2) is 29.2 Å². The Labute approximate surface area is 121 Å². The van der Waals surface area contributed by atoms with Gasteiger partial charge in [-0.2, -0.15) is 0 Å². The van der Waals surface area contributed by atoms with Gasteiger partial charge in [-0.15, -0.1) is 0 Å². The van der Waals surface area contributed by atoms with Crippen molar-refractivity contribution in [1.29, 1.82) is 0 Å². The molecule has 3 N–H and O–H groups in total. The van der Waals surface area contributed by atoms with Gasteiger partial charge in [0.1, 0.15) is 0 Å². The molecule has 1 aromatic carbocycles. The third kappa shape index (κ3) is 4.47. The molecule has 0 amide bonds. The fourth-order valence-corrected chi connectivity index (χ4v) is 2.83.